The zero-order chi connectivity index (χ0) is 18.5. The molecule has 0 spiro atoms. The molecule has 0 amide bonds. The first kappa shape index (κ1) is 21.9. The molecule has 1 aliphatic heterocycles. The van der Waals surface area contributed by atoms with Gasteiger partial charge in [-0.2, -0.15) is 0 Å². The lowest BCUT2D eigenvalue weighted by atomic mass is 10.1. The Hall–Kier alpha value is -0.170. The summed E-state index contributed by atoms with van der Waals surface area (Å²) in [7, 11) is -2.50. The maximum absolute atomic E-state index is 10.9. The van der Waals surface area contributed by atoms with Crippen LogP contribution >= 0.6 is 7.60 Å². The van der Waals surface area contributed by atoms with Crippen molar-refractivity contribution in [2.24, 2.45) is 0 Å². The average Bonchev–Trinajstić information content (AvgIpc) is 2.83. The Morgan fingerprint density at radius 1 is 1.21 bits per heavy atom. The predicted octanol–water partition coefficient (Wildman–Crippen LogP) is -2.99. The van der Waals surface area contributed by atoms with Crippen LogP contribution in [0, 0.1) is 0 Å². The van der Waals surface area contributed by atoms with Gasteiger partial charge in [0.15, 0.2) is 6.29 Å². The van der Waals surface area contributed by atoms with E-state index in [4.69, 9.17) is 24.2 Å². The normalized spacial score (nSPS) is 33.8. The fraction of sp³-hybridized carbons (Fsp3) is 1.00. The molecule has 0 bridgehead atoms. The van der Waals surface area contributed by atoms with Crippen LogP contribution in [0.4, 0.5) is 0 Å². The van der Waals surface area contributed by atoms with Crippen molar-refractivity contribution >= 4 is 7.60 Å². The van der Waals surface area contributed by atoms with Crippen LogP contribution in [0.2, 0.25) is 0 Å². The first-order valence-electron chi connectivity index (χ1n) is 7.18. The summed E-state index contributed by atoms with van der Waals surface area (Å²) in [5.41, 5.74) is 0. The zero-order valence-electron chi connectivity index (χ0n) is 13.3. The Balaban J connectivity index is 2.44. The molecule has 1 heterocycles. The van der Waals surface area contributed by atoms with Crippen molar-refractivity contribution in [2.45, 2.75) is 42.9 Å². The number of aliphatic hydroxyl groups excluding tert-OH is 5. The van der Waals surface area contributed by atoms with Crippen molar-refractivity contribution in [1.82, 2.24) is 0 Å². The van der Waals surface area contributed by atoms with Gasteiger partial charge in [-0.05, 0) is 0 Å². The summed E-state index contributed by atoms with van der Waals surface area (Å²) in [6.07, 6.45) is -8.97. The van der Waals surface area contributed by atoms with Gasteiger partial charge in [-0.3, -0.25) is 4.57 Å². The molecule has 0 aromatic heterocycles. The Bertz CT molecular complexity index is 416. The van der Waals surface area contributed by atoms with Gasteiger partial charge in [-0.15, -0.1) is 0 Å². The van der Waals surface area contributed by atoms with Crippen molar-refractivity contribution in [3.05, 3.63) is 0 Å². The summed E-state index contributed by atoms with van der Waals surface area (Å²) in [5.74, 6) is 0. The van der Waals surface area contributed by atoms with Crippen molar-refractivity contribution in [3.63, 3.8) is 0 Å². The molecule has 0 aromatic rings. The van der Waals surface area contributed by atoms with Crippen LogP contribution in [-0.2, 0) is 23.3 Å². The van der Waals surface area contributed by atoms with Gasteiger partial charge >= 0.3 is 7.60 Å². The van der Waals surface area contributed by atoms with Crippen molar-refractivity contribution in [1.29, 1.82) is 0 Å². The number of methoxy groups -OCH3 is 1. The summed E-state index contributed by atoms with van der Waals surface area (Å²) < 4.78 is 30.7. The van der Waals surface area contributed by atoms with Crippen molar-refractivity contribution < 1.29 is 53.7 Å². The fourth-order valence-corrected chi connectivity index (χ4v) is 2.57. The summed E-state index contributed by atoms with van der Waals surface area (Å²) in [6, 6.07) is 0. The van der Waals surface area contributed by atoms with Crippen LogP contribution in [0.25, 0.3) is 0 Å². The number of rotatable bonds is 10. The lowest BCUT2D eigenvalue weighted by Crippen LogP contribution is -2.44. The van der Waals surface area contributed by atoms with E-state index in [1.807, 2.05) is 0 Å². The lowest BCUT2D eigenvalue weighted by molar-refractivity contribution is -0.194. The van der Waals surface area contributed by atoms with E-state index < -0.39 is 70.3 Å². The minimum Gasteiger partial charge on any atom is -0.394 e. The van der Waals surface area contributed by atoms with Gasteiger partial charge in [-0.25, -0.2) is 0 Å². The average molecular weight is 376 g/mol. The van der Waals surface area contributed by atoms with Crippen LogP contribution in [0.5, 0.6) is 0 Å². The molecule has 8 unspecified atom stereocenters. The second-order valence-corrected chi connectivity index (χ2v) is 7.34. The predicted molar refractivity (Wildman–Crippen MR) is 78.2 cm³/mol. The largest absolute Gasteiger partial charge is 0.394 e. The lowest BCUT2D eigenvalue weighted by Gasteiger charge is -2.25. The summed E-state index contributed by atoms with van der Waals surface area (Å²) >= 11 is 0. The van der Waals surface area contributed by atoms with Crippen LogP contribution in [-0.4, -0.2) is 107 Å². The van der Waals surface area contributed by atoms with E-state index in [0.29, 0.717) is 0 Å². The third-order valence-electron chi connectivity index (χ3n) is 3.45. The molecule has 1 aliphatic rings. The first-order valence-corrected chi connectivity index (χ1v) is 9.21. The van der Waals surface area contributed by atoms with E-state index in [2.05, 4.69) is 4.52 Å². The number of hydrogen-bond acceptors (Lipinski definition) is 10. The van der Waals surface area contributed by atoms with Crippen LogP contribution in [0.15, 0.2) is 0 Å². The van der Waals surface area contributed by atoms with E-state index in [0.717, 1.165) is 6.66 Å². The molecule has 0 saturated carbocycles. The van der Waals surface area contributed by atoms with Gasteiger partial charge in [0.2, 0.25) is 0 Å². The first-order chi connectivity index (χ1) is 11.1. The van der Waals surface area contributed by atoms with E-state index in [1.165, 1.54) is 7.11 Å². The number of aliphatic hydroxyl groups is 5. The molecule has 1 rings (SSSR count). The molecule has 11 nitrogen and oxygen atoms in total. The van der Waals surface area contributed by atoms with Crippen LogP contribution in [0.1, 0.15) is 0 Å². The van der Waals surface area contributed by atoms with Gasteiger partial charge in [0.25, 0.3) is 0 Å². The molecular weight excluding hydrogens is 351 g/mol. The highest BCUT2D eigenvalue weighted by Crippen LogP contribution is 2.36. The van der Waals surface area contributed by atoms with Gasteiger partial charge in [0.05, 0.1) is 19.8 Å². The maximum atomic E-state index is 10.9. The zero-order valence-corrected chi connectivity index (χ0v) is 14.2. The van der Waals surface area contributed by atoms with Crippen molar-refractivity contribution in [2.75, 3.05) is 33.6 Å². The number of hydrogen-bond donors (Lipinski definition) is 6. The maximum Gasteiger partial charge on any atom is 0.325 e. The van der Waals surface area contributed by atoms with Crippen LogP contribution in [0.3, 0.4) is 0 Å². The minimum absolute atomic E-state index is 0.408. The van der Waals surface area contributed by atoms with Crippen LogP contribution < -0.4 is 0 Å². The van der Waals surface area contributed by atoms with Gasteiger partial charge in [0, 0.05) is 13.8 Å². The molecule has 8 atom stereocenters. The molecule has 0 aromatic carbocycles. The third kappa shape index (κ3) is 6.28. The second-order valence-electron chi connectivity index (χ2n) is 5.47. The topological polar surface area (TPSA) is 175 Å². The van der Waals surface area contributed by atoms with E-state index in [9.17, 15) is 25.0 Å². The fourth-order valence-electron chi connectivity index (χ4n) is 2.14. The highest BCUT2D eigenvalue weighted by atomic mass is 31.2. The van der Waals surface area contributed by atoms with Gasteiger partial charge in [-0.1, -0.05) is 0 Å². The molecule has 12 heteroatoms. The molecule has 0 aliphatic carbocycles. The Labute approximate surface area is 138 Å². The molecule has 1 saturated heterocycles. The van der Waals surface area contributed by atoms with Crippen molar-refractivity contribution in [3.8, 4) is 0 Å². The second kappa shape index (κ2) is 9.51. The Morgan fingerprint density at radius 2 is 1.79 bits per heavy atom. The molecule has 1 fully saturated rings. The van der Waals surface area contributed by atoms with Gasteiger partial charge < -0.3 is 49.2 Å². The van der Waals surface area contributed by atoms with Gasteiger partial charge in [0.1, 0.15) is 36.6 Å². The quantitative estimate of drug-likeness (QED) is 0.214. The minimum atomic E-state index is -3.83. The molecular formula is C12H25O11P. The molecule has 24 heavy (non-hydrogen) atoms. The Kier molecular flexibility index (Phi) is 8.66. The monoisotopic (exact) mass is 376 g/mol. The molecule has 0 radical (unpaired) electrons. The summed E-state index contributed by atoms with van der Waals surface area (Å²) in [4.78, 5) is 8.94. The standard InChI is InChI=1S/C12H25O11P/c1-20-11-8(3-13)23-12(10(11)17)21-4-6(14)9(16)7(15)5-22-24(2,18)19/h6-17H,3-5H2,1-2H3,(H,18,19). The number of ether oxygens (including phenoxy) is 3. The smallest absolute Gasteiger partial charge is 0.325 e. The van der Waals surface area contributed by atoms with E-state index in [1.54, 1.807) is 0 Å². The molecule has 144 valence electrons. The molecule has 6 N–H and O–H groups in total. The highest BCUT2D eigenvalue weighted by molar-refractivity contribution is 7.51. The summed E-state index contributed by atoms with van der Waals surface area (Å²) in [5, 5.41) is 48.1. The third-order valence-corrected chi connectivity index (χ3v) is 4.08. The SMILES string of the molecule is COC1C(CO)OC(OCC(O)C(O)C(O)COP(C)(=O)O)C1O. The van der Waals surface area contributed by atoms with E-state index >= 15 is 0 Å². The van der Waals surface area contributed by atoms with E-state index in [-0.39, 0.29) is 0 Å². The highest BCUT2D eigenvalue weighted by Gasteiger charge is 2.44. The Morgan fingerprint density at radius 3 is 2.25 bits per heavy atom. The summed E-state index contributed by atoms with van der Waals surface area (Å²) in [6.45, 7) is -0.677.